The van der Waals surface area contributed by atoms with Crippen LogP contribution in [-0.2, 0) is 23.9 Å². The van der Waals surface area contributed by atoms with Gasteiger partial charge in [0.1, 0.15) is 17.7 Å². The van der Waals surface area contributed by atoms with Gasteiger partial charge in [-0.05, 0) is 70.6 Å². The second-order valence-electron chi connectivity index (χ2n) is 10.4. The lowest BCUT2D eigenvalue weighted by atomic mass is 9.97. The number of rotatable bonds is 11. The van der Waals surface area contributed by atoms with Gasteiger partial charge in [0.05, 0.1) is 13.0 Å². The zero-order valence-electron chi connectivity index (χ0n) is 23.2. The minimum absolute atomic E-state index is 0.0209. The number of nitrogens with zero attached hydrogens (tertiary/aromatic N) is 1. The summed E-state index contributed by atoms with van der Waals surface area (Å²) in [6.45, 7) is 15.1. The van der Waals surface area contributed by atoms with Crippen molar-refractivity contribution in [2.24, 2.45) is 5.92 Å². The molecule has 0 radical (unpaired) electrons. The molecule has 0 aliphatic carbocycles. The smallest absolute Gasteiger partial charge is 0.408 e. The van der Waals surface area contributed by atoms with Crippen LogP contribution in [0.2, 0.25) is 0 Å². The van der Waals surface area contributed by atoms with Crippen LogP contribution in [0.3, 0.4) is 0 Å². The van der Waals surface area contributed by atoms with Crippen LogP contribution in [0, 0.1) is 19.8 Å². The van der Waals surface area contributed by atoms with E-state index in [9.17, 15) is 19.2 Å². The summed E-state index contributed by atoms with van der Waals surface area (Å²) in [7, 11) is 1.54. The number of carbonyl (C=O) groups is 4. The maximum Gasteiger partial charge on any atom is 0.408 e. The molecule has 0 aromatic heterocycles. The molecule has 1 rings (SSSR count). The van der Waals surface area contributed by atoms with Crippen molar-refractivity contribution >= 4 is 23.9 Å². The number of likely N-dealkylation sites (N-methyl/N-ethyl adjacent to an activating group) is 1. The molecule has 9 heteroatoms. The maximum atomic E-state index is 13.6. The second kappa shape index (κ2) is 13.8. The summed E-state index contributed by atoms with van der Waals surface area (Å²) < 4.78 is 10.3. The highest BCUT2D eigenvalue weighted by Crippen LogP contribution is 2.24. The summed E-state index contributed by atoms with van der Waals surface area (Å²) in [6.07, 6.45) is -0.309. The Morgan fingerprint density at radius 1 is 1.06 bits per heavy atom. The topological polar surface area (TPSA) is 114 Å². The molecular weight excluding hydrogens is 462 g/mol. The molecule has 0 aliphatic rings. The van der Waals surface area contributed by atoms with Gasteiger partial charge in [-0.3, -0.25) is 14.4 Å². The van der Waals surface area contributed by atoms with E-state index in [1.165, 1.54) is 11.9 Å². The van der Waals surface area contributed by atoms with Crippen molar-refractivity contribution in [3.63, 3.8) is 0 Å². The Labute approximate surface area is 215 Å². The van der Waals surface area contributed by atoms with Crippen LogP contribution in [0.15, 0.2) is 18.2 Å². The molecular formula is C27H43N3O6. The molecule has 0 bridgehead atoms. The molecule has 0 saturated heterocycles. The Morgan fingerprint density at radius 2 is 1.69 bits per heavy atom. The van der Waals surface area contributed by atoms with E-state index in [0.717, 1.165) is 11.1 Å². The average Bonchev–Trinajstić information content (AvgIpc) is 2.73. The quantitative estimate of drug-likeness (QED) is 0.442. The number of alkyl carbamates (subject to hydrolysis) is 1. The van der Waals surface area contributed by atoms with E-state index in [1.807, 2.05) is 39.8 Å². The number of carbonyl (C=O) groups excluding carboxylic acids is 4. The van der Waals surface area contributed by atoms with Gasteiger partial charge in [-0.15, -0.1) is 0 Å². The number of amides is 3. The number of esters is 1. The van der Waals surface area contributed by atoms with E-state index in [2.05, 4.69) is 10.6 Å². The normalized spacial score (nSPS) is 12.9. The van der Waals surface area contributed by atoms with E-state index >= 15 is 0 Å². The minimum Gasteiger partial charge on any atom is -0.466 e. The zero-order chi connectivity index (χ0) is 27.6. The lowest BCUT2D eigenvalue weighted by Gasteiger charge is -2.32. The van der Waals surface area contributed by atoms with E-state index in [4.69, 9.17) is 9.47 Å². The minimum atomic E-state index is -0.964. The SMILES string of the molecule is CCOC(=O)CCNC(=O)C(c1ccc(C)c(C)c1)N(C)C(=O)C(CC(C)C)NC(=O)OC(C)(C)C. The van der Waals surface area contributed by atoms with Gasteiger partial charge in [0.2, 0.25) is 11.8 Å². The summed E-state index contributed by atoms with van der Waals surface area (Å²) in [5.74, 6) is -1.17. The Hall–Kier alpha value is -3.10. The molecule has 0 saturated carbocycles. The van der Waals surface area contributed by atoms with Crippen molar-refractivity contribution in [3.8, 4) is 0 Å². The summed E-state index contributed by atoms with van der Waals surface area (Å²) in [5.41, 5.74) is 1.94. The van der Waals surface area contributed by atoms with Gasteiger partial charge in [-0.1, -0.05) is 32.0 Å². The predicted octanol–water partition coefficient (Wildman–Crippen LogP) is 3.81. The number of aryl methyl sites for hydroxylation is 2. The van der Waals surface area contributed by atoms with Crippen LogP contribution >= 0.6 is 0 Å². The van der Waals surface area contributed by atoms with Crippen LogP contribution < -0.4 is 10.6 Å². The van der Waals surface area contributed by atoms with Crippen molar-refractivity contribution in [1.29, 1.82) is 0 Å². The number of benzene rings is 1. The molecule has 3 amide bonds. The fourth-order valence-electron chi connectivity index (χ4n) is 3.62. The highest BCUT2D eigenvalue weighted by Gasteiger charge is 2.34. The summed E-state index contributed by atoms with van der Waals surface area (Å²) >= 11 is 0. The Kier molecular flexibility index (Phi) is 11.9. The molecule has 202 valence electrons. The molecule has 0 spiro atoms. The van der Waals surface area contributed by atoms with Crippen LogP contribution in [0.4, 0.5) is 4.79 Å². The molecule has 0 aliphatic heterocycles. The van der Waals surface area contributed by atoms with Crippen LogP contribution in [0.1, 0.15) is 77.1 Å². The van der Waals surface area contributed by atoms with Gasteiger partial charge in [0.25, 0.3) is 0 Å². The third-order valence-corrected chi connectivity index (χ3v) is 5.46. The van der Waals surface area contributed by atoms with Crippen LogP contribution in [0.5, 0.6) is 0 Å². The number of hydrogen-bond donors (Lipinski definition) is 2. The van der Waals surface area contributed by atoms with Crippen LogP contribution in [-0.4, -0.2) is 60.6 Å². The van der Waals surface area contributed by atoms with Gasteiger partial charge < -0.3 is 25.0 Å². The third-order valence-electron chi connectivity index (χ3n) is 5.46. The standard InChI is InChI=1S/C27H43N3O6/c1-10-35-22(31)13-14-28-24(32)23(20-12-11-18(4)19(5)16-20)30(9)25(33)21(15-17(2)3)29-26(34)36-27(6,7)8/h11-12,16-17,21,23H,10,13-15H2,1-9H3,(H,28,32)(H,29,34). The predicted molar refractivity (Wildman–Crippen MR) is 138 cm³/mol. The summed E-state index contributed by atoms with van der Waals surface area (Å²) in [4.78, 5) is 52.4. The van der Waals surface area contributed by atoms with E-state index in [1.54, 1.807) is 33.8 Å². The average molecular weight is 506 g/mol. The molecule has 1 aromatic rings. The monoisotopic (exact) mass is 505 g/mol. The lowest BCUT2D eigenvalue weighted by molar-refractivity contribution is -0.143. The lowest BCUT2D eigenvalue weighted by Crippen LogP contribution is -2.52. The van der Waals surface area contributed by atoms with Crippen molar-refractivity contribution in [2.45, 2.75) is 85.9 Å². The van der Waals surface area contributed by atoms with Gasteiger partial charge in [0, 0.05) is 13.6 Å². The van der Waals surface area contributed by atoms with Crippen molar-refractivity contribution in [3.05, 3.63) is 34.9 Å². The molecule has 9 nitrogen and oxygen atoms in total. The number of hydrogen-bond acceptors (Lipinski definition) is 6. The van der Waals surface area contributed by atoms with E-state index < -0.39 is 41.6 Å². The van der Waals surface area contributed by atoms with Gasteiger partial charge in [0.15, 0.2) is 0 Å². The summed E-state index contributed by atoms with van der Waals surface area (Å²) in [6, 6.07) is 3.72. The second-order valence-corrected chi connectivity index (χ2v) is 10.4. The largest absolute Gasteiger partial charge is 0.466 e. The van der Waals surface area contributed by atoms with Gasteiger partial charge in [-0.25, -0.2) is 4.79 Å². The highest BCUT2D eigenvalue weighted by molar-refractivity contribution is 5.92. The molecule has 0 heterocycles. The van der Waals surface area contributed by atoms with Gasteiger partial charge >= 0.3 is 12.1 Å². The first kappa shape index (κ1) is 30.9. The van der Waals surface area contributed by atoms with E-state index in [-0.39, 0.29) is 25.5 Å². The maximum absolute atomic E-state index is 13.6. The molecule has 1 aromatic carbocycles. The Morgan fingerprint density at radius 3 is 2.22 bits per heavy atom. The number of nitrogens with one attached hydrogen (secondary N) is 2. The Bertz CT molecular complexity index is 923. The first-order valence-electron chi connectivity index (χ1n) is 12.4. The first-order valence-corrected chi connectivity index (χ1v) is 12.4. The molecule has 2 unspecified atom stereocenters. The molecule has 2 N–H and O–H groups in total. The third kappa shape index (κ3) is 10.3. The fourth-order valence-corrected chi connectivity index (χ4v) is 3.62. The van der Waals surface area contributed by atoms with Gasteiger partial charge in [-0.2, -0.15) is 0 Å². The zero-order valence-corrected chi connectivity index (χ0v) is 23.2. The fraction of sp³-hybridized carbons (Fsp3) is 0.630. The van der Waals surface area contributed by atoms with Crippen molar-refractivity contribution in [2.75, 3.05) is 20.2 Å². The molecule has 0 fully saturated rings. The van der Waals surface area contributed by atoms with Crippen LogP contribution in [0.25, 0.3) is 0 Å². The summed E-state index contributed by atoms with van der Waals surface area (Å²) in [5, 5.41) is 5.42. The van der Waals surface area contributed by atoms with E-state index in [0.29, 0.717) is 12.0 Å². The first-order chi connectivity index (χ1) is 16.7. The molecule has 2 atom stereocenters. The highest BCUT2D eigenvalue weighted by atomic mass is 16.6. The van der Waals surface area contributed by atoms with Crippen molar-refractivity contribution < 1.29 is 28.7 Å². The van der Waals surface area contributed by atoms with Crippen molar-refractivity contribution in [1.82, 2.24) is 15.5 Å². The number of ether oxygens (including phenoxy) is 2. The Balaban J connectivity index is 3.23. The molecule has 36 heavy (non-hydrogen) atoms.